The lowest BCUT2D eigenvalue weighted by Crippen LogP contribution is -2.03. The van der Waals surface area contributed by atoms with E-state index in [4.69, 9.17) is 0 Å². The van der Waals surface area contributed by atoms with E-state index in [9.17, 15) is 13.6 Å². The first-order valence-electron chi connectivity index (χ1n) is 5.55. The van der Waals surface area contributed by atoms with Gasteiger partial charge in [-0.05, 0) is 47.5 Å². The van der Waals surface area contributed by atoms with E-state index in [1.54, 1.807) is 18.3 Å². The Morgan fingerprint density at radius 3 is 2.79 bits per heavy atom. The molecule has 1 unspecified atom stereocenters. The Labute approximate surface area is 111 Å². The molecule has 0 saturated heterocycles. The van der Waals surface area contributed by atoms with Gasteiger partial charge in [0.15, 0.2) is 0 Å². The molecule has 5 nitrogen and oxygen atoms in total. The van der Waals surface area contributed by atoms with E-state index in [0.29, 0.717) is 16.8 Å². The zero-order valence-electron chi connectivity index (χ0n) is 9.67. The van der Waals surface area contributed by atoms with Crippen molar-refractivity contribution in [1.82, 2.24) is 4.98 Å². The van der Waals surface area contributed by atoms with Gasteiger partial charge in [0.2, 0.25) is 0 Å². The summed E-state index contributed by atoms with van der Waals surface area (Å²) in [6.07, 6.45) is 3.45. The first-order chi connectivity index (χ1) is 9.15. The zero-order valence-corrected chi connectivity index (χ0v) is 10.5. The molecule has 2 aromatic rings. The molecule has 0 fully saturated rings. The van der Waals surface area contributed by atoms with Crippen molar-refractivity contribution in [3.63, 3.8) is 0 Å². The Hall–Kier alpha value is -2.18. The molecule has 2 heterocycles. The molecule has 96 valence electrons. The lowest BCUT2D eigenvalue weighted by atomic mass is 10.1. The van der Waals surface area contributed by atoms with E-state index in [1.807, 2.05) is 12.1 Å². The van der Waals surface area contributed by atoms with Gasteiger partial charge in [0, 0.05) is 28.0 Å². The maximum atomic E-state index is 11.9. The summed E-state index contributed by atoms with van der Waals surface area (Å²) < 4.78 is 22.0. The van der Waals surface area contributed by atoms with E-state index in [1.165, 1.54) is 12.1 Å². The minimum absolute atomic E-state index is 0.160. The highest BCUT2D eigenvalue weighted by Crippen LogP contribution is 2.34. The quantitative estimate of drug-likeness (QED) is 0.645. The van der Waals surface area contributed by atoms with Crippen LogP contribution in [0.1, 0.15) is 11.3 Å². The summed E-state index contributed by atoms with van der Waals surface area (Å²) in [7, 11) is 0. The number of hydrogen-bond acceptors (Lipinski definition) is 3. The van der Waals surface area contributed by atoms with Crippen LogP contribution >= 0.6 is 0 Å². The van der Waals surface area contributed by atoms with Crippen molar-refractivity contribution in [2.75, 3.05) is 5.32 Å². The average Bonchev–Trinajstić information content (AvgIpc) is 2.98. The molecule has 0 spiro atoms. The molecular weight excluding hydrogens is 264 g/mol. The molecular formula is C13H9N2O3S-. The van der Waals surface area contributed by atoms with Crippen LogP contribution in [0.25, 0.3) is 11.6 Å². The lowest BCUT2D eigenvalue weighted by molar-refractivity contribution is -0.110. The van der Waals surface area contributed by atoms with Crippen LogP contribution in [-0.2, 0) is 15.9 Å². The Morgan fingerprint density at radius 2 is 2.11 bits per heavy atom. The predicted octanol–water partition coefficient (Wildman–Crippen LogP) is 1.75. The summed E-state index contributed by atoms with van der Waals surface area (Å²) in [5.74, 6) is -0.238. The highest BCUT2D eigenvalue weighted by Gasteiger charge is 2.24. The minimum atomic E-state index is -2.31. The van der Waals surface area contributed by atoms with Gasteiger partial charge in [0.25, 0.3) is 5.91 Å². The molecule has 6 heteroatoms. The second-order valence-electron chi connectivity index (χ2n) is 4.08. The number of rotatable bonds is 2. The third-order valence-corrected chi connectivity index (χ3v) is 3.53. The van der Waals surface area contributed by atoms with Crippen LogP contribution in [0.2, 0.25) is 0 Å². The number of H-pyrrole nitrogens is 1. The molecule has 1 aliphatic rings. The zero-order chi connectivity index (χ0) is 13.4. The van der Waals surface area contributed by atoms with Crippen LogP contribution in [0.5, 0.6) is 0 Å². The molecule has 1 aromatic carbocycles. The first kappa shape index (κ1) is 11.9. The maximum absolute atomic E-state index is 11.9. The number of amides is 1. The topological polar surface area (TPSA) is 85.0 Å². The number of fused-ring (bicyclic) bond motifs is 1. The van der Waals surface area contributed by atoms with Gasteiger partial charge in [-0.25, -0.2) is 0 Å². The molecule has 0 aliphatic carbocycles. The van der Waals surface area contributed by atoms with E-state index in [-0.39, 0.29) is 10.8 Å². The maximum Gasteiger partial charge on any atom is 0.256 e. The molecule has 1 amide bonds. The number of aromatic nitrogens is 1. The summed E-state index contributed by atoms with van der Waals surface area (Å²) >= 11 is -2.31. The highest BCUT2D eigenvalue weighted by molar-refractivity contribution is 7.79. The van der Waals surface area contributed by atoms with Gasteiger partial charge in [-0.3, -0.25) is 9.00 Å². The fraction of sp³-hybridized carbons (Fsp3) is 0. The SMILES string of the molecule is O=C1Nc2ccc(S(=O)[O-])cc2C1=Cc1ccc[nH]1. The average molecular weight is 273 g/mol. The van der Waals surface area contributed by atoms with Crippen LogP contribution in [-0.4, -0.2) is 19.7 Å². The van der Waals surface area contributed by atoms with Crippen molar-refractivity contribution in [2.45, 2.75) is 4.90 Å². The van der Waals surface area contributed by atoms with Gasteiger partial charge in [0.1, 0.15) is 0 Å². The molecule has 2 N–H and O–H groups in total. The third-order valence-electron chi connectivity index (χ3n) is 2.89. The van der Waals surface area contributed by atoms with Crippen LogP contribution in [0.15, 0.2) is 41.4 Å². The van der Waals surface area contributed by atoms with Crippen LogP contribution in [0.3, 0.4) is 0 Å². The Kier molecular flexibility index (Phi) is 2.81. The smallest absolute Gasteiger partial charge is 0.256 e. The van der Waals surface area contributed by atoms with Gasteiger partial charge in [-0.2, -0.15) is 0 Å². The number of carbonyl (C=O) groups excluding carboxylic acids is 1. The summed E-state index contributed by atoms with van der Waals surface area (Å²) in [6, 6.07) is 8.19. The van der Waals surface area contributed by atoms with Crippen LogP contribution < -0.4 is 5.32 Å². The van der Waals surface area contributed by atoms with Crippen molar-refractivity contribution in [2.24, 2.45) is 0 Å². The first-order valence-corrected chi connectivity index (χ1v) is 6.63. The molecule has 0 saturated carbocycles. The highest BCUT2D eigenvalue weighted by atomic mass is 32.2. The summed E-state index contributed by atoms with van der Waals surface area (Å²) in [5, 5.41) is 2.70. The Balaban J connectivity index is 2.12. The fourth-order valence-corrected chi connectivity index (χ4v) is 2.40. The standard InChI is InChI=1S/C13H10N2O3S/c16-13-11(6-8-2-1-5-14-8)10-7-9(19(17)18)3-4-12(10)15-13/h1-7,14H,(H,15,16)(H,17,18)/p-1. The molecule has 1 aliphatic heterocycles. The van der Waals surface area contributed by atoms with Crippen molar-refractivity contribution in [1.29, 1.82) is 0 Å². The van der Waals surface area contributed by atoms with Crippen molar-refractivity contribution >= 4 is 34.3 Å². The number of anilines is 1. The van der Waals surface area contributed by atoms with Crippen molar-refractivity contribution < 1.29 is 13.6 Å². The number of aromatic amines is 1. The minimum Gasteiger partial charge on any atom is -0.768 e. The van der Waals surface area contributed by atoms with Crippen LogP contribution in [0, 0.1) is 0 Å². The molecule has 0 bridgehead atoms. The molecule has 19 heavy (non-hydrogen) atoms. The number of nitrogens with one attached hydrogen (secondary N) is 2. The number of hydrogen-bond donors (Lipinski definition) is 2. The lowest BCUT2D eigenvalue weighted by Gasteiger charge is -2.06. The van der Waals surface area contributed by atoms with Gasteiger partial charge >= 0.3 is 0 Å². The van der Waals surface area contributed by atoms with Gasteiger partial charge in [-0.1, -0.05) is 0 Å². The number of benzene rings is 1. The second-order valence-corrected chi connectivity index (χ2v) is 5.02. The van der Waals surface area contributed by atoms with E-state index < -0.39 is 11.1 Å². The second kappa shape index (κ2) is 4.49. The normalized spacial score (nSPS) is 17.3. The van der Waals surface area contributed by atoms with Crippen molar-refractivity contribution in [3.05, 3.63) is 47.8 Å². The summed E-state index contributed by atoms with van der Waals surface area (Å²) in [4.78, 5) is 15.0. The summed E-state index contributed by atoms with van der Waals surface area (Å²) in [6.45, 7) is 0. The van der Waals surface area contributed by atoms with E-state index in [0.717, 1.165) is 5.69 Å². The van der Waals surface area contributed by atoms with E-state index >= 15 is 0 Å². The summed E-state index contributed by atoms with van der Waals surface area (Å²) in [5.41, 5.74) is 2.45. The largest absolute Gasteiger partial charge is 0.768 e. The van der Waals surface area contributed by atoms with Crippen LogP contribution in [0.4, 0.5) is 5.69 Å². The Bertz CT molecular complexity index is 705. The predicted molar refractivity (Wildman–Crippen MR) is 70.9 cm³/mol. The molecule has 3 rings (SSSR count). The molecule has 0 radical (unpaired) electrons. The Morgan fingerprint density at radius 1 is 1.26 bits per heavy atom. The fourth-order valence-electron chi connectivity index (χ4n) is 2.00. The molecule has 1 atom stereocenters. The monoisotopic (exact) mass is 273 g/mol. The van der Waals surface area contributed by atoms with Gasteiger partial charge in [0.05, 0.1) is 5.57 Å². The number of carbonyl (C=O) groups is 1. The third kappa shape index (κ3) is 2.11. The van der Waals surface area contributed by atoms with Crippen molar-refractivity contribution in [3.8, 4) is 0 Å². The molecule has 1 aromatic heterocycles. The van der Waals surface area contributed by atoms with E-state index in [2.05, 4.69) is 10.3 Å². The van der Waals surface area contributed by atoms with Gasteiger partial charge < -0.3 is 14.9 Å². The van der Waals surface area contributed by atoms with Gasteiger partial charge in [-0.15, -0.1) is 0 Å².